The number of aliphatic hydroxyl groups is 1. The van der Waals surface area contributed by atoms with Crippen molar-refractivity contribution in [1.29, 1.82) is 0 Å². The molecule has 3 heterocycles. The van der Waals surface area contributed by atoms with Gasteiger partial charge in [0.1, 0.15) is 10.7 Å². The molecule has 1 fully saturated rings. The Labute approximate surface area is 192 Å². The first-order valence-electron chi connectivity index (χ1n) is 10.5. The molecule has 1 atom stereocenters. The van der Waals surface area contributed by atoms with Crippen LogP contribution in [0.4, 0.5) is 5.82 Å². The van der Waals surface area contributed by atoms with Gasteiger partial charge in [-0.2, -0.15) is 5.10 Å². The maximum atomic E-state index is 10.0. The summed E-state index contributed by atoms with van der Waals surface area (Å²) in [5.74, 6) is 0.768. The average Bonchev–Trinajstić information content (AvgIpc) is 3.13. The molecule has 166 valence electrons. The van der Waals surface area contributed by atoms with Crippen molar-refractivity contribution < 1.29 is 5.11 Å². The Morgan fingerprint density at radius 3 is 2.65 bits per heavy atom. The summed E-state index contributed by atoms with van der Waals surface area (Å²) in [7, 11) is 1.88. The third-order valence-corrected chi connectivity index (χ3v) is 8.18. The minimum atomic E-state index is -0.161. The lowest BCUT2D eigenvalue weighted by molar-refractivity contribution is 0.204. The first kappa shape index (κ1) is 22.3. The van der Waals surface area contributed by atoms with E-state index in [-0.39, 0.29) is 18.1 Å². The molecule has 4 rings (SSSR count). The van der Waals surface area contributed by atoms with Crippen molar-refractivity contribution in [3.05, 3.63) is 34.7 Å². The summed E-state index contributed by atoms with van der Waals surface area (Å²) in [4.78, 5) is 12.7. The summed E-state index contributed by atoms with van der Waals surface area (Å²) in [5, 5.41) is 16.7. The molecule has 1 unspecified atom stereocenters. The lowest BCUT2D eigenvalue weighted by Crippen LogP contribution is -2.47. The first-order chi connectivity index (χ1) is 14.7. The van der Waals surface area contributed by atoms with Gasteiger partial charge in [-0.15, -0.1) is 0 Å². The Bertz CT molecular complexity index is 1110. The second-order valence-electron chi connectivity index (χ2n) is 8.66. The van der Waals surface area contributed by atoms with Gasteiger partial charge in [0.25, 0.3) is 0 Å². The number of rotatable bonds is 5. The van der Waals surface area contributed by atoms with Crippen LogP contribution in [0.25, 0.3) is 10.9 Å². The molecule has 3 aromatic rings. The molecule has 1 aliphatic rings. The van der Waals surface area contributed by atoms with Crippen molar-refractivity contribution in [3.63, 3.8) is 0 Å². The van der Waals surface area contributed by atoms with E-state index in [4.69, 9.17) is 27.3 Å². The smallest absolute Gasteiger partial charge is 0.153 e. The Kier molecular flexibility index (Phi) is 6.18. The number of nitrogens with zero attached hydrogens (tertiary/aromatic N) is 5. The number of benzene rings is 1. The summed E-state index contributed by atoms with van der Waals surface area (Å²) in [5.41, 5.74) is 8.64. The molecule has 3 N–H and O–H groups in total. The van der Waals surface area contributed by atoms with Gasteiger partial charge in [0, 0.05) is 36.5 Å². The van der Waals surface area contributed by atoms with E-state index < -0.39 is 0 Å². The second kappa shape index (κ2) is 8.58. The minimum absolute atomic E-state index is 0.134. The fourth-order valence-corrected chi connectivity index (χ4v) is 5.34. The van der Waals surface area contributed by atoms with E-state index in [0.717, 1.165) is 58.3 Å². The topological polar surface area (TPSA) is 93.1 Å². The molecule has 0 spiro atoms. The van der Waals surface area contributed by atoms with Gasteiger partial charge in [-0.3, -0.25) is 4.68 Å². The molecule has 1 aliphatic heterocycles. The zero-order chi connectivity index (χ0) is 22.3. The Balaban J connectivity index is 1.62. The number of nitrogens with two attached hydrogens (primary N) is 1. The molecule has 0 aliphatic carbocycles. The number of hydrogen-bond acceptors (Lipinski definition) is 7. The van der Waals surface area contributed by atoms with Crippen LogP contribution < -0.4 is 10.6 Å². The van der Waals surface area contributed by atoms with Crippen molar-refractivity contribution in [2.75, 3.05) is 18.0 Å². The van der Waals surface area contributed by atoms with Gasteiger partial charge in [0.15, 0.2) is 5.82 Å². The Morgan fingerprint density at radius 1 is 1.29 bits per heavy atom. The largest absolute Gasteiger partial charge is 0.390 e. The maximum Gasteiger partial charge on any atom is 0.153 e. The second-order valence-corrected chi connectivity index (χ2v) is 10.1. The van der Waals surface area contributed by atoms with Crippen molar-refractivity contribution in [1.82, 2.24) is 19.7 Å². The van der Waals surface area contributed by atoms with E-state index >= 15 is 0 Å². The molecule has 2 aromatic heterocycles. The molecule has 7 nitrogen and oxygen atoms in total. The number of halogens is 1. The van der Waals surface area contributed by atoms with Gasteiger partial charge in [-0.1, -0.05) is 30.3 Å². The van der Waals surface area contributed by atoms with Gasteiger partial charge in [-0.05, 0) is 44.2 Å². The number of fused-ring (bicyclic) bond motifs is 1. The SMILES string of the molecule is Cc1nc(N2CCC(C)(C(C)N)CC2)c(CO)nc1Sc1ccc2cnn(C)c2c1Cl. The van der Waals surface area contributed by atoms with E-state index in [9.17, 15) is 5.11 Å². The zero-order valence-corrected chi connectivity index (χ0v) is 20.0. The van der Waals surface area contributed by atoms with Crippen LogP contribution >= 0.6 is 23.4 Å². The van der Waals surface area contributed by atoms with Crippen LogP contribution in [0.3, 0.4) is 0 Å². The molecular formula is C22H29ClN6OS. The minimum Gasteiger partial charge on any atom is -0.390 e. The van der Waals surface area contributed by atoms with E-state index in [0.29, 0.717) is 10.7 Å². The van der Waals surface area contributed by atoms with Crippen molar-refractivity contribution >= 4 is 40.1 Å². The predicted octanol–water partition coefficient (Wildman–Crippen LogP) is 3.92. The van der Waals surface area contributed by atoms with Crippen LogP contribution in [0.15, 0.2) is 28.3 Å². The highest BCUT2D eigenvalue weighted by Gasteiger charge is 2.34. The maximum absolute atomic E-state index is 10.0. The predicted molar refractivity (Wildman–Crippen MR) is 126 cm³/mol. The number of anilines is 1. The van der Waals surface area contributed by atoms with E-state index in [1.165, 1.54) is 11.8 Å². The van der Waals surface area contributed by atoms with Gasteiger partial charge < -0.3 is 15.7 Å². The molecule has 0 radical (unpaired) electrons. The highest BCUT2D eigenvalue weighted by molar-refractivity contribution is 7.99. The molecular weight excluding hydrogens is 432 g/mol. The third kappa shape index (κ3) is 4.14. The number of piperidine rings is 1. The van der Waals surface area contributed by atoms with Gasteiger partial charge >= 0.3 is 0 Å². The van der Waals surface area contributed by atoms with Crippen LogP contribution in [0.2, 0.25) is 5.02 Å². The van der Waals surface area contributed by atoms with Crippen LogP contribution in [-0.2, 0) is 13.7 Å². The van der Waals surface area contributed by atoms with Crippen LogP contribution in [-0.4, -0.2) is 44.0 Å². The van der Waals surface area contributed by atoms with E-state index in [1.807, 2.05) is 26.1 Å². The molecule has 0 bridgehead atoms. The molecule has 1 saturated heterocycles. The van der Waals surface area contributed by atoms with Gasteiger partial charge in [0.2, 0.25) is 0 Å². The van der Waals surface area contributed by atoms with Crippen LogP contribution in [0, 0.1) is 12.3 Å². The van der Waals surface area contributed by atoms with E-state index in [1.54, 1.807) is 10.9 Å². The van der Waals surface area contributed by atoms with Crippen molar-refractivity contribution in [3.8, 4) is 0 Å². The van der Waals surface area contributed by atoms with Crippen molar-refractivity contribution in [2.45, 2.75) is 56.2 Å². The third-order valence-electron chi connectivity index (χ3n) is 6.54. The summed E-state index contributed by atoms with van der Waals surface area (Å²) in [6.45, 7) is 7.84. The normalized spacial score (nSPS) is 17.3. The van der Waals surface area contributed by atoms with Crippen LogP contribution in [0.5, 0.6) is 0 Å². The number of aliphatic hydroxyl groups excluding tert-OH is 1. The number of aryl methyl sites for hydroxylation is 2. The highest BCUT2D eigenvalue weighted by atomic mass is 35.5. The molecule has 1 aromatic carbocycles. The number of hydrogen-bond donors (Lipinski definition) is 2. The van der Waals surface area contributed by atoms with Gasteiger partial charge in [-0.25, -0.2) is 9.97 Å². The summed E-state index contributed by atoms with van der Waals surface area (Å²) in [6.07, 6.45) is 3.79. The summed E-state index contributed by atoms with van der Waals surface area (Å²) >= 11 is 8.14. The summed E-state index contributed by atoms with van der Waals surface area (Å²) in [6, 6.07) is 4.13. The summed E-state index contributed by atoms with van der Waals surface area (Å²) < 4.78 is 1.77. The zero-order valence-electron chi connectivity index (χ0n) is 18.4. The fourth-order valence-electron chi connectivity index (χ4n) is 4.05. The first-order valence-corrected chi connectivity index (χ1v) is 11.7. The Hall–Kier alpha value is -1.87. The quantitative estimate of drug-likeness (QED) is 0.595. The number of aromatic nitrogens is 4. The monoisotopic (exact) mass is 460 g/mol. The molecule has 9 heteroatoms. The average molecular weight is 461 g/mol. The molecule has 0 amide bonds. The Morgan fingerprint density at radius 2 is 2.00 bits per heavy atom. The van der Waals surface area contributed by atoms with Crippen LogP contribution in [0.1, 0.15) is 38.1 Å². The lowest BCUT2D eigenvalue weighted by atomic mass is 9.75. The van der Waals surface area contributed by atoms with Crippen molar-refractivity contribution in [2.24, 2.45) is 18.2 Å². The molecule has 0 saturated carbocycles. The standard InChI is InChI=1S/C22H29ClN6OS/c1-13-21(31-17-6-5-15-11-25-28(4)19(15)18(17)23)27-16(12-30)20(26-13)29-9-7-22(3,8-10-29)14(2)24/h5-6,11,14,30H,7-10,12,24H2,1-4H3. The highest BCUT2D eigenvalue weighted by Crippen LogP contribution is 2.39. The lowest BCUT2D eigenvalue weighted by Gasteiger charge is -2.42. The van der Waals surface area contributed by atoms with E-state index in [2.05, 4.69) is 23.8 Å². The molecule has 31 heavy (non-hydrogen) atoms. The fraction of sp³-hybridized carbons (Fsp3) is 0.500. The van der Waals surface area contributed by atoms with Gasteiger partial charge in [0.05, 0.1) is 29.0 Å².